The Hall–Kier alpha value is -2.32. The van der Waals surface area contributed by atoms with Gasteiger partial charge in [0.2, 0.25) is 11.8 Å². The average Bonchev–Trinajstić information content (AvgIpc) is 3.01. The minimum Gasteiger partial charge on any atom is -0.344 e. The fourth-order valence-electron chi connectivity index (χ4n) is 2.98. The molecule has 2 heterocycles. The number of rotatable bonds is 3. The van der Waals surface area contributed by atoms with Gasteiger partial charge in [0.25, 0.3) is 0 Å². The number of amides is 2. The van der Waals surface area contributed by atoms with E-state index in [1.807, 2.05) is 0 Å². The molecule has 1 unspecified atom stereocenters. The highest BCUT2D eigenvalue weighted by Gasteiger charge is 2.26. The molecule has 1 saturated heterocycles. The first-order valence-corrected chi connectivity index (χ1v) is 8.04. The topological polar surface area (TPSA) is 61.4 Å². The standard InChI is InChI=1S/C18H21N3O2/c22-17-8-7-16(20-17)18(23)19-10-3-4-11-21-12-9-14-5-1-2-6-15(14)13-21/h1-2,5-6,16H,7-13H2,(H,19,23)(H,20,22). The summed E-state index contributed by atoms with van der Waals surface area (Å²) in [6.07, 6.45) is 2.07. The maximum Gasteiger partial charge on any atom is 0.243 e. The van der Waals surface area contributed by atoms with E-state index >= 15 is 0 Å². The predicted molar refractivity (Wildman–Crippen MR) is 87.4 cm³/mol. The van der Waals surface area contributed by atoms with E-state index in [0.717, 1.165) is 19.5 Å². The molecule has 1 aromatic rings. The second-order valence-corrected chi connectivity index (χ2v) is 5.96. The summed E-state index contributed by atoms with van der Waals surface area (Å²) in [5.41, 5.74) is 2.81. The summed E-state index contributed by atoms with van der Waals surface area (Å²) in [6.45, 7) is 3.00. The Bertz CT molecular complexity index is 660. The number of fused-ring (bicyclic) bond motifs is 1. The monoisotopic (exact) mass is 311 g/mol. The molecule has 1 aromatic carbocycles. The van der Waals surface area contributed by atoms with Crippen molar-refractivity contribution < 1.29 is 9.59 Å². The van der Waals surface area contributed by atoms with E-state index in [4.69, 9.17) is 0 Å². The van der Waals surface area contributed by atoms with E-state index in [2.05, 4.69) is 51.6 Å². The summed E-state index contributed by atoms with van der Waals surface area (Å²) in [5.74, 6) is 5.90. The van der Waals surface area contributed by atoms with E-state index in [9.17, 15) is 9.59 Å². The zero-order valence-electron chi connectivity index (χ0n) is 13.1. The van der Waals surface area contributed by atoms with Gasteiger partial charge in [-0.2, -0.15) is 0 Å². The molecule has 120 valence electrons. The van der Waals surface area contributed by atoms with Crippen molar-refractivity contribution in [2.45, 2.75) is 31.8 Å². The number of hydrogen-bond acceptors (Lipinski definition) is 3. The van der Waals surface area contributed by atoms with Gasteiger partial charge in [-0.1, -0.05) is 36.1 Å². The summed E-state index contributed by atoms with van der Waals surface area (Å²) < 4.78 is 0. The lowest BCUT2D eigenvalue weighted by molar-refractivity contribution is -0.125. The number of hydrogen-bond donors (Lipinski definition) is 2. The van der Waals surface area contributed by atoms with Gasteiger partial charge in [0.15, 0.2) is 0 Å². The first-order valence-electron chi connectivity index (χ1n) is 8.04. The van der Waals surface area contributed by atoms with Crippen LogP contribution in [0.4, 0.5) is 0 Å². The molecule has 0 aliphatic carbocycles. The van der Waals surface area contributed by atoms with Crippen molar-refractivity contribution in [2.24, 2.45) is 0 Å². The largest absolute Gasteiger partial charge is 0.344 e. The Kier molecular flexibility index (Phi) is 4.94. The van der Waals surface area contributed by atoms with Crippen LogP contribution in [0.3, 0.4) is 0 Å². The van der Waals surface area contributed by atoms with Crippen LogP contribution in [0.1, 0.15) is 24.0 Å². The number of nitrogens with one attached hydrogen (secondary N) is 2. The molecule has 23 heavy (non-hydrogen) atoms. The van der Waals surface area contributed by atoms with Crippen LogP contribution in [0.25, 0.3) is 0 Å². The second kappa shape index (κ2) is 7.30. The van der Waals surface area contributed by atoms with E-state index in [-0.39, 0.29) is 17.9 Å². The van der Waals surface area contributed by atoms with Crippen LogP contribution in [0.15, 0.2) is 24.3 Å². The summed E-state index contributed by atoms with van der Waals surface area (Å²) in [7, 11) is 0. The van der Waals surface area contributed by atoms with E-state index in [0.29, 0.717) is 25.9 Å². The van der Waals surface area contributed by atoms with Crippen molar-refractivity contribution >= 4 is 11.8 Å². The molecule has 2 amide bonds. The maximum atomic E-state index is 11.8. The average molecular weight is 311 g/mol. The minimum absolute atomic E-state index is 0.0541. The van der Waals surface area contributed by atoms with E-state index < -0.39 is 0 Å². The summed E-state index contributed by atoms with van der Waals surface area (Å²) in [4.78, 5) is 25.2. The smallest absolute Gasteiger partial charge is 0.243 e. The van der Waals surface area contributed by atoms with Crippen molar-refractivity contribution in [1.82, 2.24) is 15.5 Å². The van der Waals surface area contributed by atoms with Gasteiger partial charge in [0.05, 0.1) is 13.1 Å². The highest BCUT2D eigenvalue weighted by molar-refractivity contribution is 5.90. The SMILES string of the molecule is O=C1CCC(C(=O)NCC#CCN2CCc3ccccc3C2)N1. The highest BCUT2D eigenvalue weighted by Crippen LogP contribution is 2.17. The van der Waals surface area contributed by atoms with Gasteiger partial charge < -0.3 is 10.6 Å². The lowest BCUT2D eigenvalue weighted by atomic mass is 10.0. The van der Waals surface area contributed by atoms with Crippen LogP contribution < -0.4 is 10.6 Å². The Morgan fingerprint density at radius 3 is 2.87 bits per heavy atom. The van der Waals surface area contributed by atoms with Gasteiger partial charge in [-0.05, 0) is 24.0 Å². The van der Waals surface area contributed by atoms with Crippen molar-refractivity contribution in [2.75, 3.05) is 19.6 Å². The molecule has 0 spiro atoms. The highest BCUT2D eigenvalue weighted by atomic mass is 16.2. The Morgan fingerprint density at radius 1 is 1.26 bits per heavy atom. The van der Waals surface area contributed by atoms with Gasteiger partial charge in [-0.3, -0.25) is 14.5 Å². The van der Waals surface area contributed by atoms with Gasteiger partial charge >= 0.3 is 0 Å². The van der Waals surface area contributed by atoms with Crippen molar-refractivity contribution in [3.05, 3.63) is 35.4 Å². The Balaban J connectivity index is 1.39. The fourth-order valence-corrected chi connectivity index (χ4v) is 2.98. The Labute approximate surface area is 136 Å². The molecule has 2 N–H and O–H groups in total. The Morgan fingerprint density at radius 2 is 2.09 bits per heavy atom. The molecule has 5 nitrogen and oxygen atoms in total. The van der Waals surface area contributed by atoms with Crippen molar-refractivity contribution in [1.29, 1.82) is 0 Å². The molecule has 0 bridgehead atoms. The van der Waals surface area contributed by atoms with Crippen LogP contribution in [0, 0.1) is 11.8 Å². The van der Waals surface area contributed by atoms with Crippen LogP contribution in [-0.2, 0) is 22.6 Å². The fraction of sp³-hybridized carbons (Fsp3) is 0.444. The van der Waals surface area contributed by atoms with Gasteiger partial charge in [-0.15, -0.1) is 0 Å². The van der Waals surface area contributed by atoms with Crippen molar-refractivity contribution in [3.63, 3.8) is 0 Å². The number of carbonyl (C=O) groups excluding carboxylic acids is 2. The third kappa shape index (κ3) is 4.11. The van der Waals surface area contributed by atoms with E-state index in [1.54, 1.807) is 0 Å². The molecular formula is C18H21N3O2. The second-order valence-electron chi connectivity index (χ2n) is 5.96. The van der Waals surface area contributed by atoms with Crippen LogP contribution in [0.5, 0.6) is 0 Å². The molecule has 1 fully saturated rings. The molecule has 0 saturated carbocycles. The van der Waals surface area contributed by atoms with Crippen LogP contribution in [-0.4, -0.2) is 42.4 Å². The first-order chi connectivity index (χ1) is 11.2. The zero-order chi connectivity index (χ0) is 16.1. The third-order valence-electron chi connectivity index (χ3n) is 4.30. The molecule has 2 aliphatic rings. The quantitative estimate of drug-likeness (QED) is 0.797. The molecular weight excluding hydrogens is 290 g/mol. The molecule has 1 atom stereocenters. The van der Waals surface area contributed by atoms with Gasteiger partial charge in [0, 0.05) is 19.5 Å². The van der Waals surface area contributed by atoms with Crippen molar-refractivity contribution in [3.8, 4) is 11.8 Å². The first kappa shape index (κ1) is 15.6. The molecule has 2 aliphatic heterocycles. The zero-order valence-corrected chi connectivity index (χ0v) is 13.1. The minimum atomic E-state index is -0.386. The van der Waals surface area contributed by atoms with Crippen LogP contribution in [0.2, 0.25) is 0 Å². The van der Waals surface area contributed by atoms with Crippen LogP contribution >= 0.6 is 0 Å². The number of carbonyl (C=O) groups is 2. The molecule has 3 rings (SSSR count). The summed E-state index contributed by atoms with van der Waals surface area (Å²) >= 11 is 0. The predicted octanol–water partition coefficient (Wildman–Crippen LogP) is 0.443. The molecule has 0 aromatic heterocycles. The maximum absolute atomic E-state index is 11.8. The number of nitrogens with zero attached hydrogens (tertiary/aromatic N) is 1. The summed E-state index contributed by atoms with van der Waals surface area (Å²) in [5, 5.41) is 5.40. The molecule has 5 heteroatoms. The third-order valence-corrected chi connectivity index (χ3v) is 4.30. The van der Waals surface area contributed by atoms with Gasteiger partial charge in [-0.25, -0.2) is 0 Å². The summed E-state index contributed by atoms with van der Waals surface area (Å²) in [6, 6.07) is 8.14. The lowest BCUT2D eigenvalue weighted by Crippen LogP contribution is -2.41. The lowest BCUT2D eigenvalue weighted by Gasteiger charge is -2.26. The van der Waals surface area contributed by atoms with E-state index in [1.165, 1.54) is 11.1 Å². The normalized spacial score (nSPS) is 20.2. The van der Waals surface area contributed by atoms with Gasteiger partial charge in [0.1, 0.15) is 6.04 Å². The molecule has 0 radical (unpaired) electrons. The number of benzene rings is 1.